The summed E-state index contributed by atoms with van der Waals surface area (Å²) in [5.41, 5.74) is 0. The number of anilines is 1. The zero-order valence-corrected chi connectivity index (χ0v) is 12.5. The van der Waals surface area contributed by atoms with Gasteiger partial charge in [-0.1, -0.05) is 6.92 Å². The molecule has 19 heavy (non-hydrogen) atoms. The molecular formula is C13H16BrN3O2. The largest absolute Gasteiger partial charge is 0.336 e. The Hall–Kier alpha value is -1.43. The van der Waals surface area contributed by atoms with E-state index in [0.29, 0.717) is 11.7 Å². The van der Waals surface area contributed by atoms with Crippen LogP contribution >= 0.6 is 15.9 Å². The van der Waals surface area contributed by atoms with Gasteiger partial charge in [0.05, 0.1) is 6.54 Å². The van der Waals surface area contributed by atoms with Crippen molar-refractivity contribution in [3.05, 3.63) is 22.8 Å². The summed E-state index contributed by atoms with van der Waals surface area (Å²) in [5.74, 6) is 0.842. The summed E-state index contributed by atoms with van der Waals surface area (Å²) in [5, 5.41) is 2.66. The predicted octanol–water partition coefficient (Wildman–Crippen LogP) is 1.90. The van der Waals surface area contributed by atoms with Crippen LogP contribution in [0.3, 0.4) is 0 Å². The number of amides is 2. The number of hydrogen-bond donors (Lipinski definition) is 1. The number of likely N-dealkylation sites (N-methyl/N-ethyl adjacent to an activating group) is 1. The highest BCUT2D eigenvalue weighted by Crippen LogP contribution is 2.38. The molecule has 1 aromatic heterocycles. The number of nitrogens with zero attached hydrogens (tertiary/aromatic N) is 2. The normalized spacial score (nSPS) is 20.8. The lowest BCUT2D eigenvalue weighted by Gasteiger charge is -2.16. The van der Waals surface area contributed by atoms with Gasteiger partial charge in [-0.2, -0.15) is 0 Å². The lowest BCUT2D eigenvalue weighted by atomic mass is 10.3. The molecule has 1 aliphatic carbocycles. The summed E-state index contributed by atoms with van der Waals surface area (Å²) in [6, 6.07) is 3.50. The molecular weight excluding hydrogens is 310 g/mol. The highest BCUT2D eigenvalue weighted by Gasteiger charge is 2.40. The Balaban J connectivity index is 1.83. The van der Waals surface area contributed by atoms with Crippen LogP contribution in [0.15, 0.2) is 22.8 Å². The maximum absolute atomic E-state index is 11.9. The summed E-state index contributed by atoms with van der Waals surface area (Å²) in [6.45, 7) is 2.10. The molecule has 6 heteroatoms. The van der Waals surface area contributed by atoms with E-state index < -0.39 is 0 Å². The molecule has 0 aromatic carbocycles. The summed E-state index contributed by atoms with van der Waals surface area (Å²) >= 11 is 3.27. The van der Waals surface area contributed by atoms with Crippen LogP contribution in [0.25, 0.3) is 0 Å². The van der Waals surface area contributed by atoms with E-state index in [1.165, 1.54) is 4.90 Å². The second-order valence-corrected chi connectivity index (χ2v) is 5.84. The average Bonchev–Trinajstić information content (AvgIpc) is 3.08. The van der Waals surface area contributed by atoms with Gasteiger partial charge in [0.1, 0.15) is 5.82 Å². The molecule has 5 nitrogen and oxygen atoms in total. The first-order valence-electron chi connectivity index (χ1n) is 6.13. The Labute approximate surface area is 120 Å². The molecule has 0 unspecified atom stereocenters. The lowest BCUT2D eigenvalue weighted by Crippen LogP contribution is -2.36. The molecule has 1 aromatic rings. The number of hydrogen-bond acceptors (Lipinski definition) is 3. The third-order valence-corrected chi connectivity index (χ3v) is 3.65. The van der Waals surface area contributed by atoms with Crippen molar-refractivity contribution in [1.29, 1.82) is 0 Å². The van der Waals surface area contributed by atoms with E-state index in [1.54, 1.807) is 25.4 Å². The van der Waals surface area contributed by atoms with Crippen LogP contribution in [0, 0.1) is 11.8 Å². The van der Waals surface area contributed by atoms with Crippen molar-refractivity contribution >= 4 is 33.6 Å². The zero-order chi connectivity index (χ0) is 14.0. The van der Waals surface area contributed by atoms with Crippen molar-refractivity contribution in [3.63, 3.8) is 0 Å². The third kappa shape index (κ3) is 3.76. The van der Waals surface area contributed by atoms with Crippen LogP contribution in [-0.2, 0) is 9.59 Å². The van der Waals surface area contributed by atoms with Gasteiger partial charge in [-0.05, 0) is 40.4 Å². The van der Waals surface area contributed by atoms with E-state index in [0.717, 1.165) is 10.9 Å². The molecule has 2 amide bonds. The van der Waals surface area contributed by atoms with Gasteiger partial charge in [0.25, 0.3) is 0 Å². The van der Waals surface area contributed by atoms with E-state index in [2.05, 4.69) is 26.2 Å². The highest BCUT2D eigenvalue weighted by molar-refractivity contribution is 9.10. The Morgan fingerprint density at radius 2 is 2.21 bits per heavy atom. The standard InChI is InChI=1S/C13H16BrN3O2/c1-8-5-10(8)13(19)17(2)7-12(18)16-11-4-3-9(14)6-15-11/h3-4,6,8,10H,5,7H2,1-2H3,(H,15,16,18)/t8-,10+/m1/s1. The number of carbonyl (C=O) groups is 2. The van der Waals surface area contributed by atoms with Gasteiger partial charge in [0.15, 0.2) is 0 Å². The number of rotatable bonds is 4. The molecule has 0 saturated heterocycles. The molecule has 1 saturated carbocycles. The molecule has 0 bridgehead atoms. The van der Waals surface area contributed by atoms with E-state index in [4.69, 9.17) is 0 Å². The van der Waals surface area contributed by atoms with Crippen molar-refractivity contribution in [2.24, 2.45) is 11.8 Å². The van der Waals surface area contributed by atoms with Gasteiger partial charge in [-0.3, -0.25) is 9.59 Å². The minimum absolute atomic E-state index is 0.0476. The molecule has 1 fully saturated rings. The zero-order valence-electron chi connectivity index (χ0n) is 10.9. The average molecular weight is 326 g/mol. The summed E-state index contributed by atoms with van der Waals surface area (Å²) < 4.78 is 0.848. The third-order valence-electron chi connectivity index (χ3n) is 3.18. The number of halogens is 1. The first kappa shape index (κ1) is 14.0. The number of nitrogens with one attached hydrogen (secondary N) is 1. The molecule has 0 spiro atoms. The van der Waals surface area contributed by atoms with E-state index in [-0.39, 0.29) is 24.3 Å². The molecule has 102 valence electrons. The van der Waals surface area contributed by atoms with E-state index in [1.807, 2.05) is 6.92 Å². The first-order chi connectivity index (χ1) is 8.97. The fraction of sp³-hybridized carbons (Fsp3) is 0.462. The van der Waals surface area contributed by atoms with Crippen LogP contribution < -0.4 is 5.32 Å². The molecule has 1 aliphatic rings. The maximum atomic E-state index is 11.9. The van der Waals surface area contributed by atoms with Crippen LogP contribution in [0.5, 0.6) is 0 Å². The SMILES string of the molecule is C[C@@H]1C[C@@H]1C(=O)N(C)CC(=O)Nc1ccc(Br)cn1. The monoisotopic (exact) mass is 325 g/mol. The van der Waals surface area contributed by atoms with Crippen molar-refractivity contribution < 1.29 is 9.59 Å². The fourth-order valence-electron chi connectivity index (χ4n) is 1.87. The fourth-order valence-corrected chi connectivity index (χ4v) is 2.11. The Bertz CT molecular complexity index is 489. The van der Waals surface area contributed by atoms with E-state index >= 15 is 0 Å². The lowest BCUT2D eigenvalue weighted by molar-refractivity contribution is -0.134. The van der Waals surface area contributed by atoms with E-state index in [9.17, 15) is 9.59 Å². The molecule has 0 radical (unpaired) electrons. The number of carbonyl (C=O) groups excluding carboxylic acids is 2. The minimum Gasteiger partial charge on any atom is -0.336 e. The second-order valence-electron chi connectivity index (χ2n) is 4.92. The van der Waals surface area contributed by atoms with Crippen LogP contribution in [0.4, 0.5) is 5.82 Å². The van der Waals surface area contributed by atoms with Gasteiger partial charge in [-0.15, -0.1) is 0 Å². The molecule has 2 rings (SSSR count). The number of aromatic nitrogens is 1. The first-order valence-corrected chi connectivity index (χ1v) is 6.93. The molecule has 2 atom stereocenters. The van der Waals surface area contributed by atoms with Gasteiger partial charge < -0.3 is 10.2 Å². The minimum atomic E-state index is -0.237. The van der Waals surface area contributed by atoms with Crippen LogP contribution in [0.1, 0.15) is 13.3 Å². The van der Waals surface area contributed by atoms with Crippen LogP contribution in [-0.4, -0.2) is 35.3 Å². The summed E-state index contributed by atoms with van der Waals surface area (Å²) in [7, 11) is 1.65. The summed E-state index contributed by atoms with van der Waals surface area (Å²) in [4.78, 5) is 29.2. The maximum Gasteiger partial charge on any atom is 0.245 e. The quantitative estimate of drug-likeness (QED) is 0.919. The van der Waals surface area contributed by atoms with Crippen molar-refractivity contribution in [1.82, 2.24) is 9.88 Å². The predicted molar refractivity (Wildman–Crippen MR) is 75.5 cm³/mol. The molecule has 1 N–H and O–H groups in total. The topological polar surface area (TPSA) is 62.3 Å². The second kappa shape index (κ2) is 5.69. The number of pyridine rings is 1. The van der Waals surface area contributed by atoms with Gasteiger partial charge in [0, 0.05) is 23.6 Å². The Morgan fingerprint density at radius 1 is 1.53 bits per heavy atom. The smallest absolute Gasteiger partial charge is 0.245 e. The molecule has 0 aliphatic heterocycles. The van der Waals surface area contributed by atoms with Crippen molar-refractivity contribution in [2.45, 2.75) is 13.3 Å². The molecule has 1 heterocycles. The van der Waals surface area contributed by atoms with Gasteiger partial charge in [-0.25, -0.2) is 4.98 Å². The van der Waals surface area contributed by atoms with Crippen molar-refractivity contribution in [2.75, 3.05) is 18.9 Å². The van der Waals surface area contributed by atoms with Gasteiger partial charge in [0.2, 0.25) is 11.8 Å². The highest BCUT2D eigenvalue weighted by atomic mass is 79.9. The Morgan fingerprint density at radius 3 is 2.74 bits per heavy atom. The van der Waals surface area contributed by atoms with Gasteiger partial charge >= 0.3 is 0 Å². The van der Waals surface area contributed by atoms with Crippen molar-refractivity contribution in [3.8, 4) is 0 Å². The summed E-state index contributed by atoms with van der Waals surface area (Å²) in [6.07, 6.45) is 2.54. The Kier molecular flexibility index (Phi) is 4.19. The van der Waals surface area contributed by atoms with Crippen LogP contribution in [0.2, 0.25) is 0 Å².